The highest BCUT2D eigenvalue weighted by atomic mass is 16.2. The molecule has 31 heavy (non-hydrogen) atoms. The molecule has 0 radical (unpaired) electrons. The first-order valence-electron chi connectivity index (χ1n) is 10.8. The molecule has 0 unspecified atom stereocenters. The van der Waals surface area contributed by atoms with Crippen LogP contribution in [0.2, 0.25) is 0 Å². The van der Waals surface area contributed by atoms with Crippen molar-refractivity contribution in [3.05, 3.63) is 82.5 Å². The number of amides is 1. The Hall–Kier alpha value is -3.19. The van der Waals surface area contributed by atoms with E-state index in [1.165, 1.54) is 5.56 Å². The first-order valence-corrected chi connectivity index (χ1v) is 10.8. The lowest BCUT2D eigenvalue weighted by Crippen LogP contribution is -2.51. The second kappa shape index (κ2) is 8.15. The van der Waals surface area contributed by atoms with Crippen molar-refractivity contribution in [1.29, 1.82) is 0 Å². The van der Waals surface area contributed by atoms with Crippen LogP contribution in [0.4, 0.5) is 5.69 Å². The molecule has 2 aromatic heterocycles. The summed E-state index contributed by atoms with van der Waals surface area (Å²) in [4.78, 5) is 27.7. The lowest BCUT2D eigenvalue weighted by molar-refractivity contribution is -0.118. The highest BCUT2D eigenvalue weighted by Crippen LogP contribution is 2.42. The number of fused-ring (bicyclic) bond motifs is 4. The molecular formula is C24H27N5O2. The Morgan fingerprint density at radius 3 is 2.74 bits per heavy atom. The largest absolute Gasteiger partial charge is 0.322 e. The van der Waals surface area contributed by atoms with Crippen LogP contribution in [-0.2, 0) is 18.3 Å². The molecule has 7 nitrogen and oxygen atoms in total. The van der Waals surface area contributed by atoms with E-state index in [9.17, 15) is 9.59 Å². The molecule has 3 aromatic rings. The van der Waals surface area contributed by atoms with Gasteiger partial charge in [-0.25, -0.2) is 0 Å². The van der Waals surface area contributed by atoms with Crippen LogP contribution < -0.4 is 10.9 Å². The number of carbonyl (C=O) groups is 1. The molecule has 1 aromatic carbocycles. The maximum atomic E-state index is 12.8. The summed E-state index contributed by atoms with van der Waals surface area (Å²) in [5.74, 6) is 0.571. The van der Waals surface area contributed by atoms with Crippen molar-refractivity contribution in [2.45, 2.75) is 24.8 Å². The van der Waals surface area contributed by atoms with Crippen LogP contribution in [0, 0.1) is 5.92 Å². The first kappa shape index (κ1) is 19.8. The molecule has 1 amide bonds. The number of piperidine rings is 1. The molecule has 0 saturated carbocycles. The van der Waals surface area contributed by atoms with E-state index < -0.39 is 0 Å². The Morgan fingerprint density at radius 1 is 1.13 bits per heavy atom. The van der Waals surface area contributed by atoms with Gasteiger partial charge >= 0.3 is 0 Å². The number of benzene rings is 1. The van der Waals surface area contributed by atoms with E-state index in [0.717, 1.165) is 31.6 Å². The molecule has 2 bridgehead atoms. The summed E-state index contributed by atoms with van der Waals surface area (Å²) in [7, 11) is 1.83. The normalized spacial score (nSPS) is 22.7. The zero-order chi connectivity index (χ0) is 21.4. The first-order chi connectivity index (χ1) is 15.1. The molecule has 1 saturated heterocycles. The fourth-order valence-electron chi connectivity index (χ4n) is 5.27. The number of rotatable bonds is 5. The molecule has 3 atom stereocenters. The summed E-state index contributed by atoms with van der Waals surface area (Å²) >= 11 is 0. The lowest BCUT2D eigenvalue weighted by Gasteiger charge is -2.47. The number of pyridine rings is 1. The number of anilines is 1. The second-order valence-corrected chi connectivity index (χ2v) is 8.75. The number of nitrogens with zero attached hydrogens (tertiary/aromatic N) is 4. The van der Waals surface area contributed by atoms with Gasteiger partial charge in [-0.1, -0.05) is 36.4 Å². The Bertz CT molecular complexity index is 1140. The van der Waals surface area contributed by atoms with Crippen LogP contribution >= 0.6 is 0 Å². The molecule has 160 valence electrons. The third-order valence-corrected chi connectivity index (χ3v) is 6.52. The summed E-state index contributed by atoms with van der Waals surface area (Å²) in [6.45, 7) is 1.95. The molecule has 5 rings (SSSR count). The van der Waals surface area contributed by atoms with Crippen LogP contribution in [0.3, 0.4) is 0 Å². The van der Waals surface area contributed by atoms with Crippen molar-refractivity contribution in [3.63, 3.8) is 0 Å². The zero-order valence-electron chi connectivity index (χ0n) is 17.6. The summed E-state index contributed by atoms with van der Waals surface area (Å²) < 4.78 is 3.70. The average molecular weight is 418 g/mol. The van der Waals surface area contributed by atoms with Crippen molar-refractivity contribution in [2.24, 2.45) is 13.0 Å². The zero-order valence-corrected chi connectivity index (χ0v) is 17.6. The van der Waals surface area contributed by atoms with Gasteiger partial charge in [-0.05, 0) is 30.4 Å². The maximum absolute atomic E-state index is 12.8. The lowest BCUT2D eigenvalue weighted by atomic mass is 9.76. The second-order valence-electron chi connectivity index (χ2n) is 8.75. The van der Waals surface area contributed by atoms with Crippen molar-refractivity contribution >= 4 is 11.6 Å². The van der Waals surface area contributed by atoms with Gasteiger partial charge in [0, 0.05) is 50.1 Å². The van der Waals surface area contributed by atoms with E-state index in [2.05, 4.69) is 33.5 Å². The highest BCUT2D eigenvalue weighted by molar-refractivity contribution is 5.91. The van der Waals surface area contributed by atoms with Crippen LogP contribution in [0.25, 0.3) is 0 Å². The summed E-state index contributed by atoms with van der Waals surface area (Å²) in [5.41, 5.74) is 3.13. The predicted molar refractivity (Wildman–Crippen MR) is 119 cm³/mol. The highest BCUT2D eigenvalue weighted by Gasteiger charge is 2.40. The Kier molecular flexibility index (Phi) is 5.19. The molecule has 1 fully saturated rings. The number of aromatic nitrogens is 3. The van der Waals surface area contributed by atoms with E-state index in [1.807, 2.05) is 35.9 Å². The SMILES string of the molecule is Cn1cc(NC(=O)CN2C[C@H]3C[C@@H](C2)[C@H](Cc2ccccc2)n2c3cccc2=O)cn1. The van der Waals surface area contributed by atoms with E-state index in [0.29, 0.717) is 18.2 Å². The average Bonchev–Trinajstić information content (AvgIpc) is 3.16. The predicted octanol–water partition coefficient (Wildman–Crippen LogP) is 2.42. The molecular weight excluding hydrogens is 390 g/mol. The molecule has 4 heterocycles. The van der Waals surface area contributed by atoms with Crippen molar-refractivity contribution in [1.82, 2.24) is 19.2 Å². The number of nitrogens with one attached hydrogen (secondary N) is 1. The van der Waals surface area contributed by atoms with Crippen molar-refractivity contribution < 1.29 is 4.79 Å². The molecule has 2 aliphatic rings. The van der Waals surface area contributed by atoms with Gasteiger partial charge in [0.1, 0.15) is 0 Å². The van der Waals surface area contributed by atoms with Crippen LogP contribution in [0.5, 0.6) is 0 Å². The Labute approximate surface area is 181 Å². The van der Waals surface area contributed by atoms with E-state index in [-0.39, 0.29) is 23.4 Å². The topological polar surface area (TPSA) is 72.2 Å². The third kappa shape index (κ3) is 4.05. The summed E-state index contributed by atoms with van der Waals surface area (Å²) in [6.07, 6.45) is 5.33. The van der Waals surface area contributed by atoms with E-state index >= 15 is 0 Å². The van der Waals surface area contributed by atoms with E-state index in [1.54, 1.807) is 23.1 Å². The van der Waals surface area contributed by atoms with Gasteiger partial charge in [0.25, 0.3) is 5.56 Å². The van der Waals surface area contributed by atoms with Gasteiger partial charge in [0.2, 0.25) is 5.91 Å². The van der Waals surface area contributed by atoms with Gasteiger partial charge in [-0.2, -0.15) is 5.10 Å². The molecule has 0 spiro atoms. The molecule has 7 heteroatoms. The van der Waals surface area contributed by atoms with Gasteiger partial charge in [0.15, 0.2) is 0 Å². The number of likely N-dealkylation sites (tertiary alicyclic amines) is 1. The number of aryl methyl sites for hydroxylation is 1. The minimum Gasteiger partial charge on any atom is -0.322 e. The standard InChI is InChI=1S/C24H27N5O2/c1-27-15-20(12-25-27)26-23(30)16-28-13-18-11-19(14-28)22(10-17-6-3-2-4-7-17)29-21(18)8-5-9-24(29)31/h2-9,12,15,18-19,22H,10-11,13-14,16H2,1H3,(H,26,30)/t18-,19+,22+/m1/s1. The van der Waals surface area contributed by atoms with Crippen LogP contribution in [0.15, 0.2) is 65.7 Å². The number of carbonyl (C=O) groups excluding carboxylic acids is 1. The van der Waals surface area contributed by atoms with E-state index in [4.69, 9.17) is 0 Å². The van der Waals surface area contributed by atoms with Crippen molar-refractivity contribution in [3.8, 4) is 0 Å². The minimum atomic E-state index is -0.0296. The van der Waals surface area contributed by atoms with Crippen LogP contribution in [-0.4, -0.2) is 44.8 Å². The fourth-order valence-corrected chi connectivity index (χ4v) is 5.27. The van der Waals surface area contributed by atoms with Gasteiger partial charge in [0.05, 0.1) is 18.4 Å². The molecule has 0 aliphatic carbocycles. The third-order valence-electron chi connectivity index (χ3n) is 6.52. The molecule has 2 aliphatic heterocycles. The maximum Gasteiger partial charge on any atom is 0.251 e. The Morgan fingerprint density at radius 2 is 1.97 bits per heavy atom. The van der Waals surface area contributed by atoms with Gasteiger partial charge in [-0.15, -0.1) is 0 Å². The Balaban J connectivity index is 1.38. The summed E-state index contributed by atoms with van der Waals surface area (Å²) in [5, 5.41) is 7.04. The number of hydrogen-bond acceptors (Lipinski definition) is 4. The molecule has 1 N–H and O–H groups in total. The smallest absolute Gasteiger partial charge is 0.251 e. The van der Waals surface area contributed by atoms with Gasteiger partial charge in [-0.3, -0.25) is 19.2 Å². The number of hydrogen-bond donors (Lipinski definition) is 1. The fraction of sp³-hybridized carbons (Fsp3) is 0.375. The van der Waals surface area contributed by atoms with Crippen LogP contribution in [0.1, 0.15) is 29.6 Å². The quantitative estimate of drug-likeness (QED) is 0.692. The van der Waals surface area contributed by atoms with Crippen molar-refractivity contribution in [2.75, 3.05) is 25.0 Å². The van der Waals surface area contributed by atoms with Gasteiger partial charge < -0.3 is 9.88 Å². The minimum absolute atomic E-state index is 0.0296. The monoisotopic (exact) mass is 417 g/mol. The summed E-state index contributed by atoms with van der Waals surface area (Å²) in [6, 6.07) is 16.1.